The summed E-state index contributed by atoms with van der Waals surface area (Å²) in [6.45, 7) is 1.97. The molecular weight excluding hydrogens is 504 g/mol. The van der Waals surface area contributed by atoms with Crippen LogP contribution in [0.3, 0.4) is 0 Å². The number of hydrogen-bond donors (Lipinski definition) is 1. The molecule has 34 heavy (non-hydrogen) atoms. The third-order valence-electron chi connectivity index (χ3n) is 4.78. The molecule has 8 nitrogen and oxygen atoms in total. The minimum atomic E-state index is -0.507. The summed E-state index contributed by atoms with van der Waals surface area (Å²) >= 11 is -0.351. The molecule has 0 saturated carbocycles. The predicted octanol–water partition coefficient (Wildman–Crippen LogP) is 3.75. The van der Waals surface area contributed by atoms with E-state index in [0.29, 0.717) is 37.6 Å². The van der Waals surface area contributed by atoms with Crippen molar-refractivity contribution >= 4 is 25.1 Å². The van der Waals surface area contributed by atoms with Crippen molar-refractivity contribution in [2.75, 3.05) is 12.4 Å². The van der Waals surface area contributed by atoms with Crippen molar-refractivity contribution in [3.05, 3.63) is 81.9 Å². The molecule has 170 valence electrons. The van der Waals surface area contributed by atoms with Crippen LogP contribution < -0.4 is 14.8 Å². The Labute approximate surface area is 200 Å². The number of halogens is 1. The minimum absolute atomic E-state index is 0.187. The van der Waals surface area contributed by atoms with Gasteiger partial charge >= 0.3 is 201 Å². The first-order chi connectivity index (χ1) is 16.5. The van der Waals surface area contributed by atoms with E-state index < -0.39 is 11.7 Å². The number of pyridine rings is 1. The van der Waals surface area contributed by atoms with Crippen LogP contribution in [0.5, 0.6) is 11.5 Å². The Morgan fingerprint density at radius 3 is 2.74 bits per heavy atom. The number of aromatic nitrogens is 3. The topological polar surface area (TPSA) is 110 Å². The summed E-state index contributed by atoms with van der Waals surface area (Å²) in [5, 5.41) is 19.8. The van der Waals surface area contributed by atoms with Crippen molar-refractivity contribution < 1.29 is 18.7 Å². The molecule has 4 aromatic rings. The number of nitrogens with one attached hydrogen (secondary N) is 1. The van der Waals surface area contributed by atoms with E-state index in [1.807, 2.05) is 6.07 Å². The van der Waals surface area contributed by atoms with Crippen LogP contribution in [0.1, 0.15) is 26.2 Å². The average molecular weight is 522 g/mol. The van der Waals surface area contributed by atoms with Crippen molar-refractivity contribution in [1.82, 2.24) is 15.2 Å². The third kappa shape index (κ3) is 5.12. The molecule has 2 heterocycles. The molecule has 2 aromatic heterocycles. The van der Waals surface area contributed by atoms with E-state index in [2.05, 4.69) is 20.5 Å². The molecule has 0 spiro atoms. The zero-order valence-electron chi connectivity index (χ0n) is 18.2. The summed E-state index contributed by atoms with van der Waals surface area (Å²) in [6.07, 6.45) is 1.41. The maximum atomic E-state index is 14.7. The van der Waals surface area contributed by atoms with Gasteiger partial charge in [0.2, 0.25) is 0 Å². The number of benzene rings is 2. The molecule has 0 unspecified atom stereocenters. The van der Waals surface area contributed by atoms with Crippen LogP contribution >= 0.6 is 0 Å². The van der Waals surface area contributed by atoms with Gasteiger partial charge in [-0.25, -0.2) is 0 Å². The number of rotatable bonds is 7. The van der Waals surface area contributed by atoms with E-state index in [1.54, 1.807) is 49.4 Å². The monoisotopic (exact) mass is 523 g/mol. The van der Waals surface area contributed by atoms with Crippen LogP contribution in [0.15, 0.2) is 54.7 Å². The Balaban J connectivity index is 1.52. The predicted molar refractivity (Wildman–Crippen MR) is 123 cm³/mol. The zero-order valence-corrected chi connectivity index (χ0v) is 19.9. The molecule has 0 aliphatic heterocycles. The fourth-order valence-corrected chi connectivity index (χ4v) is 4.54. The molecule has 1 N–H and O–H groups in total. The first-order valence-electron chi connectivity index (χ1n) is 10.0. The number of carbonyl (C=O) groups excluding carboxylic acids is 1. The van der Waals surface area contributed by atoms with Crippen LogP contribution in [-0.4, -0.2) is 42.7 Å². The van der Waals surface area contributed by atoms with Gasteiger partial charge in [-0.2, -0.15) is 0 Å². The molecule has 0 saturated heterocycles. The number of hydrogen-bond acceptors (Lipinski definition) is 7. The van der Waals surface area contributed by atoms with Gasteiger partial charge in [0.05, 0.1) is 0 Å². The van der Waals surface area contributed by atoms with E-state index in [-0.39, 0.29) is 32.2 Å². The molecule has 1 amide bonds. The molecule has 0 aliphatic rings. The SMILES string of the molecule is COc1cccc(F)c1-c1cc(C)ncc1C(=O)Nc1nnc(COc2ccc(C#N)cc2)[se]1. The molecule has 2 aromatic carbocycles. The second kappa shape index (κ2) is 10.3. The van der Waals surface area contributed by atoms with Gasteiger partial charge in [-0.1, -0.05) is 0 Å². The van der Waals surface area contributed by atoms with Gasteiger partial charge in [-0.15, -0.1) is 0 Å². The summed E-state index contributed by atoms with van der Waals surface area (Å²) in [4.78, 5) is 17.3. The first kappa shape index (κ1) is 23.1. The van der Waals surface area contributed by atoms with E-state index in [0.717, 1.165) is 0 Å². The van der Waals surface area contributed by atoms with Crippen molar-refractivity contribution in [3.8, 4) is 28.7 Å². The van der Waals surface area contributed by atoms with Gasteiger partial charge < -0.3 is 0 Å². The molecule has 0 atom stereocenters. The molecule has 0 radical (unpaired) electrons. The normalized spacial score (nSPS) is 10.4. The molecule has 4 rings (SSSR count). The van der Waals surface area contributed by atoms with Crippen molar-refractivity contribution in [1.29, 1.82) is 5.26 Å². The van der Waals surface area contributed by atoms with Crippen LogP contribution in [0.4, 0.5) is 9.08 Å². The fraction of sp³-hybridized carbons (Fsp3) is 0.125. The number of methoxy groups -OCH3 is 1. The summed E-state index contributed by atoms with van der Waals surface area (Å²) in [6, 6.07) is 14.9. The standard InChI is InChI=1S/C24H18FN5O3Se/c1-14-10-17(22-19(25)4-3-5-20(22)32-2)18(12-27-14)23(31)28-24-30-29-21(34-24)13-33-16-8-6-15(11-26)7-9-16/h3-10,12H,13H2,1-2H3,(H,28,30,31). The van der Waals surface area contributed by atoms with Crippen LogP contribution in [-0.2, 0) is 6.61 Å². The summed E-state index contributed by atoms with van der Waals surface area (Å²) in [5.41, 5.74) is 1.92. The first-order valence-corrected chi connectivity index (χ1v) is 11.8. The zero-order chi connectivity index (χ0) is 24.1. The Bertz CT molecular complexity index is 1380. The molecule has 10 heteroatoms. The van der Waals surface area contributed by atoms with Gasteiger partial charge in [0, 0.05) is 0 Å². The number of nitriles is 1. The second-order valence-corrected chi connectivity index (χ2v) is 9.30. The number of amides is 1. The van der Waals surface area contributed by atoms with Gasteiger partial charge in [-0.3, -0.25) is 0 Å². The van der Waals surface area contributed by atoms with Crippen LogP contribution in [0.2, 0.25) is 0 Å². The third-order valence-corrected chi connectivity index (χ3v) is 6.49. The van der Waals surface area contributed by atoms with Gasteiger partial charge in [-0.05, 0) is 0 Å². The molecule has 0 fully saturated rings. The van der Waals surface area contributed by atoms with Gasteiger partial charge in [0.15, 0.2) is 0 Å². The molecule has 0 bridgehead atoms. The van der Waals surface area contributed by atoms with Crippen LogP contribution in [0, 0.1) is 24.1 Å². The number of ether oxygens (including phenoxy) is 2. The number of anilines is 1. The van der Waals surface area contributed by atoms with E-state index in [9.17, 15) is 9.18 Å². The van der Waals surface area contributed by atoms with E-state index >= 15 is 0 Å². The number of aryl methyl sites for hydroxylation is 1. The molecule has 0 aliphatic carbocycles. The Morgan fingerprint density at radius 2 is 2.00 bits per heavy atom. The Kier molecular flexibility index (Phi) is 6.97. The van der Waals surface area contributed by atoms with Gasteiger partial charge in [0.25, 0.3) is 0 Å². The van der Waals surface area contributed by atoms with Crippen molar-refractivity contribution in [2.45, 2.75) is 13.5 Å². The summed E-state index contributed by atoms with van der Waals surface area (Å²) in [5.74, 6) is -0.0678. The van der Waals surface area contributed by atoms with Gasteiger partial charge in [0.1, 0.15) is 0 Å². The Hall–Kier alpha value is -4.06. The summed E-state index contributed by atoms with van der Waals surface area (Å²) in [7, 11) is 1.45. The fourth-order valence-electron chi connectivity index (χ4n) is 3.18. The average Bonchev–Trinajstić information content (AvgIpc) is 3.29. The summed E-state index contributed by atoms with van der Waals surface area (Å²) < 4.78 is 26.8. The van der Waals surface area contributed by atoms with Crippen LogP contribution in [0.25, 0.3) is 11.1 Å². The van der Waals surface area contributed by atoms with E-state index in [4.69, 9.17) is 14.7 Å². The van der Waals surface area contributed by atoms with Crippen molar-refractivity contribution in [3.63, 3.8) is 0 Å². The van der Waals surface area contributed by atoms with Crippen molar-refractivity contribution in [2.24, 2.45) is 0 Å². The second-order valence-electron chi connectivity index (χ2n) is 7.07. The quantitative estimate of drug-likeness (QED) is 0.368. The molecular formula is C24H18FN5O3Se. The van der Waals surface area contributed by atoms with E-state index in [1.165, 1.54) is 19.4 Å². The Morgan fingerprint density at radius 1 is 1.21 bits per heavy atom. The number of nitrogens with zero attached hydrogens (tertiary/aromatic N) is 4. The maximum absolute atomic E-state index is 14.7. The number of carbonyl (C=O) groups is 1.